The normalized spacial score (nSPS) is 16.2. The minimum atomic E-state index is -0.845. The first kappa shape index (κ1) is 10.8. The fraction of sp³-hybridized carbons (Fsp3) is 0.778. The van der Waals surface area contributed by atoms with Crippen molar-refractivity contribution in [2.45, 2.75) is 19.8 Å². The molecule has 80 valence electrons. The van der Waals surface area contributed by atoms with Crippen LogP contribution >= 0.6 is 0 Å². The van der Waals surface area contributed by atoms with Crippen LogP contribution in [0.1, 0.15) is 19.8 Å². The van der Waals surface area contributed by atoms with E-state index in [1.807, 2.05) is 6.92 Å². The summed E-state index contributed by atoms with van der Waals surface area (Å²) >= 11 is 0. The molecule has 0 aromatic rings. The van der Waals surface area contributed by atoms with Gasteiger partial charge in [-0.3, -0.25) is 4.79 Å². The Morgan fingerprint density at radius 3 is 2.64 bits per heavy atom. The number of hydrogen-bond donors (Lipinski definition) is 1. The maximum Gasteiger partial charge on any atom is 0.409 e. The summed E-state index contributed by atoms with van der Waals surface area (Å²) in [6.07, 6.45) is 1.43. The highest BCUT2D eigenvalue weighted by Gasteiger charge is 2.36. The largest absolute Gasteiger partial charge is 0.481 e. The second kappa shape index (κ2) is 4.83. The number of amides is 1. The molecular formula is C9H15NO4. The molecule has 0 saturated carbocycles. The van der Waals surface area contributed by atoms with Crippen LogP contribution in [0.2, 0.25) is 0 Å². The molecule has 1 N–H and O–H groups in total. The number of carbonyl (C=O) groups excluding carboxylic acids is 1. The summed E-state index contributed by atoms with van der Waals surface area (Å²) < 4.78 is 4.91. The Morgan fingerprint density at radius 1 is 1.50 bits per heavy atom. The first-order chi connectivity index (χ1) is 6.65. The van der Waals surface area contributed by atoms with E-state index in [0.717, 1.165) is 12.8 Å². The first-order valence-electron chi connectivity index (χ1n) is 4.79. The average molecular weight is 201 g/mol. The quantitative estimate of drug-likeness (QED) is 0.687. The van der Waals surface area contributed by atoms with E-state index in [4.69, 9.17) is 9.84 Å². The molecule has 1 rings (SSSR count). The van der Waals surface area contributed by atoms with Gasteiger partial charge < -0.3 is 14.7 Å². The van der Waals surface area contributed by atoms with E-state index < -0.39 is 18.0 Å². The van der Waals surface area contributed by atoms with Gasteiger partial charge in [-0.2, -0.15) is 0 Å². The van der Waals surface area contributed by atoms with E-state index in [0.29, 0.717) is 6.61 Å². The number of unbranched alkanes of at least 4 members (excludes halogenated alkanes) is 1. The predicted molar refractivity (Wildman–Crippen MR) is 49.0 cm³/mol. The molecule has 5 heteroatoms. The summed E-state index contributed by atoms with van der Waals surface area (Å²) in [4.78, 5) is 23.0. The lowest BCUT2D eigenvalue weighted by Gasteiger charge is -2.35. The number of aliphatic carboxylic acids is 1. The Kier molecular flexibility index (Phi) is 3.73. The van der Waals surface area contributed by atoms with Crippen LogP contribution in [0.3, 0.4) is 0 Å². The highest BCUT2D eigenvalue weighted by atomic mass is 16.6. The van der Waals surface area contributed by atoms with Crippen LogP contribution in [-0.4, -0.2) is 41.8 Å². The van der Waals surface area contributed by atoms with Gasteiger partial charge in [-0.1, -0.05) is 13.3 Å². The van der Waals surface area contributed by atoms with Crippen LogP contribution in [0, 0.1) is 5.92 Å². The summed E-state index contributed by atoms with van der Waals surface area (Å²) in [7, 11) is 0. The molecule has 1 fully saturated rings. The number of hydrogen-bond acceptors (Lipinski definition) is 3. The lowest BCUT2D eigenvalue weighted by Crippen LogP contribution is -2.53. The molecule has 5 nitrogen and oxygen atoms in total. The highest BCUT2D eigenvalue weighted by molar-refractivity contribution is 5.76. The van der Waals surface area contributed by atoms with Crippen molar-refractivity contribution in [1.82, 2.24) is 4.90 Å². The van der Waals surface area contributed by atoms with Crippen LogP contribution in [-0.2, 0) is 9.53 Å². The van der Waals surface area contributed by atoms with Gasteiger partial charge in [0.2, 0.25) is 0 Å². The Bertz CT molecular complexity index is 223. The van der Waals surface area contributed by atoms with E-state index in [-0.39, 0.29) is 13.1 Å². The fourth-order valence-corrected chi connectivity index (χ4v) is 1.18. The maximum atomic E-state index is 11.2. The third-order valence-corrected chi connectivity index (χ3v) is 2.21. The lowest BCUT2D eigenvalue weighted by atomic mass is 10.0. The minimum absolute atomic E-state index is 0.278. The van der Waals surface area contributed by atoms with Crippen molar-refractivity contribution in [3.63, 3.8) is 0 Å². The standard InChI is InChI=1S/C9H15NO4/c1-2-3-4-14-9(13)10-5-7(6-10)8(11)12/h7H,2-6H2,1H3,(H,11,12). The highest BCUT2D eigenvalue weighted by Crippen LogP contribution is 2.16. The van der Waals surface area contributed by atoms with Crippen molar-refractivity contribution in [1.29, 1.82) is 0 Å². The second-order valence-corrected chi connectivity index (χ2v) is 3.41. The smallest absolute Gasteiger partial charge is 0.409 e. The third-order valence-electron chi connectivity index (χ3n) is 2.21. The van der Waals surface area contributed by atoms with Gasteiger partial charge >= 0.3 is 12.1 Å². The summed E-state index contributed by atoms with van der Waals surface area (Å²) in [5.74, 6) is -1.25. The molecule has 1 aliphatic heterocycles. The summed E-state index contributed by atoms with van der Waals surface area (Å²) in [5.41, 5.74) is 0. The van der Waals surface area contributed by atoms with E-state index >= 15 is 0 Å². The molecule has 0 radical (unpaired) electrons. The van der Waals surface area contributed by atoms with Gasteiger partial charge in [0.25, 0.3) is 0 Å². The van der Waals surface area contributed by atoms with Crippen molar-refractivity contribution >= 4 is 12.1 Å². The molecule has 1 saturated heterocycles. The summed E-state index contributed by atoms with van der Waals surface area (Å²) in [6.45, 7) is 2.99. The third kappa shape index (κ3) is 2.61. The van der Waals surface area contributed by atoms with Gasteiger partial charge in [0, 0.05) is 13.1 Å². The van der Waals surface area contributed by atoms with Crippen LogP contribution < -0.4 is 0 Å². The van der Waals surface area contributed by atoms with Gasteiger partial charge in [0.15, 0.2) is 0 Å². The number of likely N-dealkylation sites (tertiary alicyclic amines) is 1. The lowest BCUT2D eigenvalue weighted by molar-refractivity contribution is -0.146. The topological polar surface area (TPSA) is 66.8 Å². The van der Waals surface area contributed by atoms with Crippen molar-refractivity contribution in [2.75, 3.05) is 19.7 Å². The Labute approximate surface area is 82.6 Å². The van der Waals surface area contributed by atoms with Crippen molar-refractivity contribution in [3.05, 3.63) is 0 Å². The number of carboxylic acid groups (broad SMARTS) is 1. The van der Waals surface area contributed by atoms with Gasteiger partial charge in [-0.05, 0) is 6.42 Å². The summed E-state index contributed by atoms with van der Waals surface area (Å²) in [6, 6.07) is 0. The zero-order valence-electron chi connectivity index (χ0n) is 8.23. The molecule has 14 heavy (non-hydrogen) atoms. The molecule has 0 spiro atoms. The van der Waals surface area contributed by atoms with Crippen molar-refractivity contribution in [3.8, 4) is 0 Å². The predicted octanol–water partition coefficient (Wildman–Crippen LogP) is 0.940. The zero-order chi connectivity index (χ0) is 10.6. The maximum absolute atomic E-state index is 11.2. The van der Waals surface area contributed by atoms with Gasteiger partial charge in [0.1, 0.15) is 0 Å². The summed E-state index contributed by atoms with van der Waals surface area (Å²) in [5, 5.41) is 8.57. The number of nitrogens with zero attached hydrogens (tertiary/aromatic N) is 1. The number of ether oxygens (including phenoxy) is 1. The minimum Gasteiger partial charge on any atom is -0.481 e. The Morgan fingerprint density at radius 2 is 2.14 bits per heavy atom. The SMILES string of the molecule is CCCCOC(=O)N1CC(C(=O)O)C1. The van der Waals surface area contributed by atoms with Crippen LogP contribution in [0.15, 0.2) is 0 Å². The molecule has 0 atom stereocenters. The van der Waals surface area contributed by atoms with Crippen LogP contribution in [0.4, 0.5) is 4.79 Å². The van der Waals surface area contributed by atoms with Gasteiger partial charge in [0.05, 0.1) is 12.5 Å². The van der Waals surface area contributed by atoms with Crippen LogP contribution in [0.5, 0.6) is 0 Å². The monoisotopic (exact) mass is 201 g/mol. The Hall–Kier alpha value is -1.26. The molecule has 0 aromatic heterocycles. The fourth-order valence-electron chi connectivity index (χ4n) is 1.18. The molecule has 0 unspecified atom stereocenters. The Balaban J connectivity index is 2.13. The van der Waals surface area contributed by atoms with Crippen molar-refractivity contribution in [2.24, 2.45) is 5.92 Å². The van der Waals surface area contributed by atoms with E-state index in [2.05, 4.69) is 0 Å². The van der Waals surface area contributed by atoms with E-state index in [9.17, 15) is 9.59 Å². The number of carboxylic acids is 1. The molecule has 0 aromatic carbocycles. The van der Waals surface area contributed by atoms with Crippen molar-refractivity contribution < 1.29 is 19.4 Å². The van der Waals surface area contributed by atoms with E-state index in [1.165, 1.54) is 4.90 Å². The second-order valence-electron chi connectivity index (χ2n) is 3.41. The number of rotatable bonds is 4. The zero-order valence-corrected chi connectivity index (χ0v) is 8.23. The first-order valence-corrected chi connectivity index (χ1v) is 4.79. The van der Waals surface area contributed by atoms with E-state index in [1.54, 1.807) is 0 Å². The number of carbonyl (C=O) groups is 2. The van der Waals surface area contributed by atoms with Gasteiger partial charge in [-0.15, -0.1) is 0 Å². The molecule has 0 bridgehead atoms. The molecule has 1 heterocycles. The average Bonchev–Trinajstić information content (AvgIpc) is 2.01. The molecule has 1 aliphatic rings. The molecule has 1 amide bonds. The molecule has 0 aliphatic carbocycles. The molecular weight excluding hydrogens is 186 g/mol. The van der Waals surface area contributed by atoms with Gasteiger partial charge in [-0.25, -0.2) is 4.79 Å². The van der Waals surface area contributed by atoms with Crippen LogP contribution in [0.25, 0.3) is 0 Å².